The zero-order chi connectivity index (χ0) is 31.7. The van der Waals surface area contributed by atoms with E-state index in [1.165, 1.54) is 3.96 Å². The summed E-state index contributed by atoms with van der Waals surface area (Å²) in [6.07, 6.45) is 3.99. The number of allylic oxidation sites excluding steroid dienone is 1. The number of nitrogens with zero attached hydrogens (tertiary/aromatic N) is 3. The average Bonchev–Trinajstić information content (AvgIpc) is 3.53. The van der Waals surface area contributed by atoms with Crippen LogP contribution in [0, 0.1) is 17.2 Å². The van der Waals surface area contributed by atoms with Crippen molar-refractivity contribution in [2.24, 2.45) is 5.92 Å². The third-order valence-electron chi connectivity index (χ3n) is 8.65. The lowest BCUT2D eigenvalue weighted by Crippen LogP contribution is -2.29. The van der Waals surface area contributed by atoms with Crippen molar-refractivity contribution in [2.45, 2.75) is 63.5 Å². The van der Waals surface area contributed by atoms with Gasteiger partial charge in [0.05, 0.1) is 29.5 Å². The fraction of sp³-hybridized carbons (Fsp3) is 0.364. The predicted octanol–water partition coefficient (Wildman–Crippen LogP) is 3.96. The van der Waals surface area contributed by atoms with Gasteiger partial charge in [-0.1, -0.05) is 36.9 Å². The summed E-state index contributed by atoms with van der Waals surface area (Å²) in [4.78, 5) is 49.8. The molecule has 1 N–H and O–H groups in total. The van der Waals surface area contributed by atoms with Crippen molar-refractivity contribution in [3.05, 3.63) is 109 Å². The summed E-state index contributed by atoms with van der Waals surface area (Å²) in [5, 5.41) is 11.7. The summed E-state index contributed by atoms with van der Waals surface area (Å²) >= 11 is 0.801. The molecule has 1 amide bonds. The Labute approximate surface area is 263 Å². The van der Waals surface area contributed by atoms with E-state index in [4.69, 9.17) is 19.5 Å². The van der Waals surface area contributed by atoms with E-state index in [1.54, 1.807) is 36.4 Å². The second kappa shape index (κ2) is 12.3. The first-order valence-corrected chi connectivity index (χ1v) is 15.5. The highest BCUT2D eigenvalue weighted by Crippen LogP contribution is 2.49. The van der Waals surface area contributed by atoms with Crippen LogP contribution in [-0.2, 0) is 32.1 Å². The van der Waals surface area contributed by atoms with Crippen molar-refractivity contribution in [2.75, 3.05) is 6.61 Å². The van der Waals surface area contributed by atoms with Gasteiger partial charge in [-0.25, -0.2) is 22.9 Å². The minimum absolute atomic E-state index is 0.101. The molecule has 232 valence electrons. The summed E-state index contributed by atoms with van der Waals surface area (Å²) in [7, 11) is 0. The monoisotopic (exact) mass is 628 g/mol. The van der Waals surface area contributed by atoms with Gasteiger partial charge < -0.3 is 19.5 Å². The first-order chi connectivity index (χ1) is 21.6. The topological polar surface area (TPSA) is 145 Å². The van der Waals surface area contributed by atoms with Crippen molar-refractivity contribution >= 4 is 23.6 Å². The van der Waals surface area contributed by atoms with Crippen LogP contribution in [0.4, 0.5) is 4.79 Å². The van der Waals surface area contributed by atoms with Crippen molar-refractivity contribution < 1.29 is 23.8 Å². The number of esters is 1. The summed E-state index contributed by atoms with van der Waals surface area (Å²) in [6, 6.07) is 15.7. The second-order valence-corrected chi connectivity index (χ2v) is 12.6. The Morgan fingerprint density at radius 3 is 2.62 bits per heavy atom. The van der Waals surface area contributed by atoms with E-state index in [9.17, 15) is 19.2 Å². The molecular formula is C33H32N4O7S. The van der Waals surface area contributed by atoms with E-state index in [2.05, 4.69) is 18.0 Å². The van der Waals surface area contributed by atoms with Crippen LogP contribution < -0.4 is 15.9 Å². The predicted molar refractivity (Wildman–Crippen MR) is 165 cm³/mol. The third kappa shape index (κ3) is 6.41. The smallest absolute Gasteiger partial charge is 0.407 e. The van der Waals surface area contributed by atoms with Gasteiger partial charge in [0.1, 0.15) is 18.8 Å². The number of amides is 1. The molecule has 0 bridgehead atoms. The molecule has 4 atom stereocenters. The van der Waals surface area contributed by atoms with E-state index in [0.29, 0.717) is 29.7 Å². The number of carbonyl (C=O) groups excluding carboxylic acids is 2. The maximum Gasteiger partial charge on any atom is 0.407 e. The van der Waals surface area contributed by atoms with Gasteiger partial charge >= 0.3 is 22.6 Å². The minimum Gasteiger partial charge on any atom is -0.455 e. The Bertz CT molecular complexity index is 1830. The van der Waals surface area contributed by atoms with Gasteiger partial charge in [0.25, 0.3) is 0 Å². The number of rotatable bonds is 7. The number of benzene rings is 2. The number of nitriles is 1. The number of alkyl carbamates (subject to hydrolysis) is 1. The first-order valence-electron chi connectivity index (χ1n) is 14.7. The molecule has 0 radical (unpaired) electrons. The average molecular weight is 629 g/mol. The summed E-state index contributed by atoms with van der Waals surface area (Å²) in [6.45, 7) is 6.45. The maximum absolute atomic E-state index is 12.9. The molecular weight excluding hydrogens is 596 g/mol. The lowest BCUT2D eigenvalue weighted by atomic mass is 9.84. The Hall–Kier alpha value is -4.73. The zero-order valence-electron chi connectivity index (χ0n) is 24.7. The van der Waals surface area contributed by atoms with E-state index in [1.807, 2.05) is 25.1 Å². The van der Waals surface area contributed by atoms with Crippen molar-refractivity contribution in [3.8, 4) is 11.8 Å². The fourth-order valence-corrected chi connectivity index (χ4v) is 6.70. The normalized spacial score (nSPS) is 25.2. The number of nitrogens with one attached hydrogen (secondary N) is 1. The molecule has 1 aromatic heterocycles. The van der Waals surface area contributed by atoms with E-state index in [-0.39, 0.29) is 49.4 Å². The quantitative estimate of drug-likeness (QED) is 0.179. The summed E-state index contributed by atoms with van der Waals surface area (Å²) in [5.41, 5.74) is 3.23. The number of hydrogen-bond acceptors (Lipinski definition) is 9. The Kier molecular flexibility index (Phi) is 8.31. The molecule has 1 aliphatic carbocycles. The highest BCUT2D eigenvalue weighted by Gasteiger charge is 2.61. The molecule has 0 unspecified atom stereocenters. The molecule has 2 aliphatic heterocycles. The van der Waals surface area contributed by atoms with Gasteiger partial charge in [0, 0.05) is 29.6 Å². The van der Waals surface area contributed by atoms with Gasteiger partial charge in [-0.3, -0.25) is 4.79 Å². The van der Waals surface area contributed by atoms with Crippen LogP contribution in [-0.4, -0.2) is 45.0 Å². The van der Waals surface area contributed by atoms with Crippen LogP contribution in [0.3, 0.4) is 0 Å². The molecule has 3 aliphatic rings. The lowest BCUT2D eigenvalue weighted by Gasteiger charge is -2.20. The molecule has 12 heteroatoms. The standard InChI is InChI=1S/C33H32N4O7S/c1-20-26-14-11-24(4-3-15-33(2)28(44-33)27(26)43-29(20)38)19-42-30(39)35-17-22-5-7-23(8-6-22)18-36-31(40)37(45-32(36)41)25-12-9-21(16-34)10-13-25/h4-10,12-13,26-28H,1,3,11,14-15,17-19H2,2H3,(H,35,39)/b24-4+/t26-,27-,28-,33+/m0/s1. The van der Waals surface area contributed by atoms with Crippen LogP contribution in [0.2, 0.25) is 0 Å². The van der Waals surface area contributed by atoms with Crippen molar-refractivity contribution in [3.63, 3.8) is 0 Å². The Balaban J connectivity index is 1.01. The fourth-order valence-electron chi connectivity index (χ4n) is 5.90. The van der Waals surface area contributed by atoms with Gasteiger partial charge in [-0.2, -0.15) is 5.26 Å². The van der Waals surface area contributed by atoms with Crippen LogP contribution in [0.5, 0.6) is 0 Å². The number of fused-ring (bicyclic) bond motifs is 3. The second-order valence-electron chi connectivity index (χ2n) is 11.7. The molecule has 2 saturated heterocycles. The number of hydrogen-bond donors (Lipinski definition) is 1. The van der Waals surface area contributed by atoms with Crippen LogP contribution in [0.15, 0.2) is 81.9 Å². The highest BCUT2D eigenvalue weighted by molar-refractivity contribution is 7.03. The summed E-state index contributed by atoms with van der Waals surface area (Å²) in [5.74, 6) is -0.482. The van der Waals surface area contributed by atoms with Crippen LogP contribution in [0.1, 0.15) is 49.3 Å². The minimum atomic E-state index is -0.551. The van der Waals surface area contributed by atoms with Crippen LogP contribution >= 0.6 is 11.5 Å². The highest BCUT2D eigenvalue weighted by atomic mass is 32.1. The van der Waals surface area contributed by atoms with E-state index >= 15 is 0 Å². The van der Waals surface area contributed by atoms with Crippen molar-refractivity contribution in [1.29, 1.82) is 5.26 Å². The third-order valence-corrected chi connectivity index (χ3v) is 9.58. The zero-order valence-corrected chi connectivity index (χ0v) is 25.5. The van der Waals surface area contributed by atoms with Crippen LogP contribution in [0.25, 0.3) is 5.69 Å². The summed E-state index contributed by atoms with van der Waals surface area (Å²) < 4.78 is 19.5. The largest absolute Gasteiger partial charge is 0.455 e. The number of aromatic nitrogens is 2. The molecule has 11 nitrogen and oxygen atoms in total. The Morgan fingerprint density at radius 1 is 1.16 bits per heavy atom. The van der Waals surface area contributed by atoms with Gasteiger partial charge in [0.15, 0.2) is 0 Å². The molecule has 0 saturated carbocycles. The molecule has 45 heavy (non-hydrogen) atoms. The van der Waals surface area contributed by atoms with E-state index < -0.39 is 16.7 Å². The van der Waals surface area contributed by atoms with Gasteiger partial charge in [-0.05, 0) is 73.6 Å². The molecule has 2 aromatic carbocycles. The Morgan fingerprint density at radius 2 is 1.89 bits per heavy atom. The molecule has 6 rings (SSSR count). The molecule has 3 aromatic rings. The van der Waals surface area contributed by atoms with Gasteiger partial charge in [-0.15, -0.1) is 0 Å². The first kappa shape index (κ1) is 30.3. The number of ether oxygens (including phenoxy) is 3. The number of carbonyl (C=O) groups is 2. The number of epoxide rings is 1. The maximum atomic E-state index is 12.9. The SMILES string of the molecule is C=C1C(=O)O[C@H]2[C@H]1CC/C(COC(=O)NCc1ccc(Cn3c(=O)sn(-c4ccc(C#N)cc4)c3=O)cc1)=C\CC[C@@]1(C)O[C@@H]21. The van der Waals surface area contributed by atoms with E-state index in [0.717, 1.165) is 45.6 Å². The molecule has 2 fully saturated rings. The van der Waals surface area contributed by atoms with Crippen molar-refractivity contribution in [1.82, 2.24) is 13.8 Å². The van der Waals surface area contributed by atoms with Gasteiger partial charge in [0.2, 0.25) is 0 Å². The molecule has 0 spiro atoms. The molecule has 3 heterocycles. The lowest BCUT2D eigenvalue weighted by molar-refractivity contribution is -0.140.